The monoisotopic (exact) mass is 407 g/mol. The van der Waals surface area contributed by atoms with Crippen molar-refractivity contribution in [1.29, 1.82) is 0 Å². The highest BCUT2D eigenvalue weighted by molar-refractivity contribution is 6.22. The van der Waals surface area contributed by atoms with Crippen molar-refractivity contribution in [3.8, 4) is 0 Å². The minimum absolute atomic E-state index is 0.287. The summed E-state index contributed by atoms with van der Waals surface area (Å²) >= 11 is 0. The number of fused-ring (bicyclic) bond motifs is 2. The quantitative estimate of drug-likeness (QED) is 0.650. The first-order valence-corrected chi connectivity index (χ1v) is 10.2. The molecule has 154 valence electrons. The summed E-state index contributed by atoms with van der Waals surface area (Å²) in [5.41, 5.74) is 3.66. The molecule has 0 unspecified atom stereocenters. The highest BCUT2D eigenvalue weighted by atomic mass is 19.1. The van der Waals surface area contributed by atoms with Gasteiger partial charge in [0, 0.05) is 37.3 Å². The van der Waals surface area contributed by atoms with Crippen LogP contribution in [0.5, 0.6) is 0 Å². The lowest BCUT2D eigenvalue weighted by molar-refractivity contribution is 0.0879. The number of hydrogen-bond donors (Lipinski definition) is 2. The number of aromatic nitrogens is 2. The summed E-state index contributed by atoms with van der Waals surface area (Å²) in [4.78, 5) is 28.9. The van der Waals surface area contributed by atoms with E-state index in [1.54, 1.807) is 12.1 Å². The highest BCUT2D eigenvalue weighted by Gasteiger charge is 2.32. The van der Waals surface area contributed by atoms with E-state index in [0.717, 1.165) is 61.5 Å². The normalized spacial score (nSPS) is 16.3. The first kappa shape index (κ1) is 18.6. The number of hydrogen-bond acceptors (Lipinski definition) is 5. The molecule has 2 aliphatic heterocycles. The Kier molecular flexibility index (Phi) is 4.42. The fourth-order valence-corrected chi connectivity index (χ4v) is 4.50. The molecule has 3 heterocycles. The fourth-order valence-electron chi connectivity index (χ4n) is 4.50. The van der Waals surface area contributed by atoms with Crippen molar-refractivity contribution in [3.05, 3.63) is 52.8 Å². The number of amides is 2. The number of aromatic amines is 1. The van der Waals surface area contributed by atoms with Crippen molar-refractivity contribution < 1.29 is 14.0 Å². The third-order valence-corrected chi connectivity index (χ3v) is 5.91. The predicted molar refractivity (Wildman–Crippen MR) is 113 cm³/mol. The molecular weight excluding hydrogens is 385 g/mol. The van der Waals surface area contributed by atoms with Crippen LogP contribution in [0.4, 0.5) is 15.9 Å². The van der Waals surface area contributed by atoms with E-state index in [-0.39, 0.29) is 17.6 Å². The van der Waals surface area contributed by atoms with Crippen LogP contribution in [0.1, 0.15) is 39.6 Å². The fraction of sp³-hybridized carbons (Fsp3) is 0.318. The van der Waals surface area contributed by atoms with Crippen molar-refractivity contribution in [2.75, 3.05) is 36.0 Å². The van der Waals surface area contributed by atoms with Crippen LogP contribution >= 0.6 is 0 Å². The Labute approximate surface area is 172 Å². The molecule has 7 nitrogen and oxygen atoms in total. The standard InChI is InChI=1S/C22H22FN5O2/c1-2-3-15-18(7-6-16-19(15)22(30)24-21(16)29)27-8-10-28(11-9-27)20-14-5-4-13(23)12-17(14)25-26-20/h4-7,12H,2-3,8-11H2,1H3,(H,25,26)(H,24,29,30). The summed E-state index contributed by atoms with van der Waals surface area (Å²) in [6.45, 7) is 5.11. The summed E-state index contributed by atoms with van der Waals surface area (Å²) in [5, 5.41) is 10.6. The Bertz CT molecular complexity index is 1160. The summed E-state index contributed by atoms with van der Waals surface area (Å²) in [6.07, 6.45) is 1.63. The van der Waals surface area contributed by atoms with E-state index >= 15 is 0 Å². The molecule has 0 spiro atoms. The molecule has 8 heteroatoms. The smallest absolute Gasteiger partial charge is 0.259 e. The van der Waals surface area contributed by atoms with E-state index in [2.05, 4.69) is 32.2 Å². The third kappa shape index (κ3) is 2.91. The molecule has 3 aromatic rings. The molecule has 30 heavy (non-hydrogen) atoms. The van der Waals surface area contributed by atoms with Crippen molar-refractivity contribution in [3.63, 3.8) is 0 Å². The number of nitrogens with zero attached hydrogens (tertiary/aromatic N) is 3. The highest BCUT2D eigenvalue weighted by Crippen LogP contribution is 2.32. The van der Waals surface area contributed by atoms with Crippen LogP contribution in [0.15, 0.2) is 30.3 Å². The lowest BCUT2D eigenvalue weighted by atomic mass is 9.96. The number of rotatable bonds is 4. The molecule has 2 aromatic carbocycles. The lowest BCUT2D eigenvalue weighted by Gasteiger charge is -2.37. The molecule has 0 aliphatic carbocycles. The zero-order chi connectivity index (χ0) is 20.8. The van der Waals surface area contributed by atoms with E-state index < -0.39 is 0 Å². The van der Waals surface area contributed by atoms with Crippen LogP contribution in [0.25, 0.3) is 10.9 Å². The number of halogens is 1. The number of carbonyl (C=O) groups excluding carboxylic acids is 2. The second kappa shape index (κ2) is 7.12. The van der Waals surface area contributed by atoms with Gasteiger partial charge < -0.3 is 9.80 Å². The van der Waals surface area contributed by atoms with Gasteiger partial charge in [0.1, 0.15) is 5.82 Å². The molecule has 5 rings (SSSR count). The van der Waals surface area contributed by atoms with Gasteiger partial charge in [-0.2, -0.15) is 5.10 Å². The molecule has 1 aromatic heterocycles. The molecule has 0 bridgehead atoms. The number of anilines is 2. The van der Waals surface area contributed by atoms with Gasteiger partial charge in [-0.3, -0.25) is 20.0 Å². The summed E-state index contributed by atoms with van der Waals surface area (Å²) in [5.74, 6) is -0.0674. The molecule has 0 atom stereocenters. The molecule has 1 fully saturated rings. The molecule has 2 aliphatic rings. The molecule has 2 N–H and O–H groups in total. The largest absolute Gasteiger partial charge is 0.368 e. The van der Waals surface area contributed by atoms with Crippen molar-refractivity contribution in [2.24, 2.45) is 0 Å². The lowest BCUT2D eigenvalue weighted by Crippen LogP contribution is -2.47. The Morgan fingerprint density at radius 3 is 2.57 bits per heavy atom. The van der Waals surface area contributed by atoms with Gasteiger partial charge in [0.25, 0.3) is 11.8 Å². The minimum Gasteiger partial charge on any atom is -0.368 e. The van der Waals surface area contributed by atoms with Gasteiger partial charge in [0.15, 0.2) is 5.82 Å². The molecule has 0 saturated carbocycles. The van der Waals surface area contributed by atoms with E-state index in [1.165, 1.54) is 12.1 Å². The maximum absolute atomic E-state index is 13.5. The maximum atomic E-state index is 13.5. The van der Waals surface area contributed by atoms with E-state index in [1.807, 2.05) is 6.07 Å². The van der Waals surface area contributed by atoms with Gasteiger partial charge in [-0.1, -0.05) is 13.3 Å². The number of imide groups is 1. The Balaban J connectivity index is 1.41. The Morgan fingerprint density at radius 2 is 1.80 bits per heavy atom. The van der Waals surface area contributed by atoms with Gasteiger partial charge >= 0.3 is 0 Å². The van der Waals surface area contributed by atoms with Crippen LogP contribution in [0.3, 0.4) is 0 Å². The summed E-state index contributed by atoms with van der Waals surface area (Å²) in [7, 11) is 0. The first-order chi connectivity index (χ1) is 14.6. The Hall–Kier alpha value is -3.42. The first-order valence-electron chi connectivity index (χ1n) is 10.2. The average molecular weight is 407 g/mol. The van der Waals surface area contributed by atoms with Crippen LogP contribution in [0.2, 0.25) is 0 Å². The SMILES string of the molecule is CCCc1c(N2CCN(c3n[nH]c4cc(F)ccc34)CC2)ccc2c1C(=O)NC2=O. The Morgan fingerprint density at radius 1 is 1.03 bits per heavy atom. The number of benzene rings is 2. The van der Waals surface area contributed by atoms with Gasteiger partial charge in [0.05, 0.1) is 16.6 Å². The van der Waals surface area contributed by atoms with Crippen LogP contribution in [-0.2, 0) is 6.42 Å². The maximum Gasteiger partial charge on any atom is 0.259 e. The molecule has 0 radical (unpaired) electrons. The van der Waals surface area contributed by atoms with Crippen molar-refractivity contribution in [2.45, 2.75) is 19.8 Å². The molecule has 1 saturated heterocycles. The van der Waals surface area contributed by atoms with Gasteiger partial charge in [-0.05, 0) is 42.3 Å². The van der Waals surface area contributed by atoms with Crippen molar-refractivity contribution >= 4 is 34.2 Å². The number of piperazine rings is 1. The zero-order valence-corrected chi connectivity index (χ0v) is 16.7. The van der Waals surface area contributed by atoms with Gasteiger partial charge in [-0.25, -0.2) is 4.39 Å². The van der Waals surface area contributed by atoms with Crippen LogP contribution in [0, 0.1) is 5.82 Å². The van der Waals surface area contributed by atoms with Crippen molar-refractivity contribution in [1.82, 2.24) is 15.5 Å². The number of carbonyl (C=O) groups is 2. The van der Waals surface area contributed by atoms with Gasteiger partial charge in [-0.15, -0.1) is 0 Å². The van der Waals surface area contributed by atoms with E-state index in [0.29, 0.717) is 16.6 Å². The van der Waals surface area contributed by atoms with E-state index in [4.69, 9.17) is 0 Å². The van der Waals surface area contributed by atoms with Crippen LogP contribution < -0.4 is 15.1 Å². The average Bonchev–Trinajstić information content (AvgIpc) is 3.29. The zero-order valence-electron chi connectivity index (χ0n) is 16.7. The second-order valence-electron chi connectivity index (χ2n) is 7.73. The predicted octanol–water partition coefficient (Wildman–Crippen LogP) is 2.86. The molecular formula is C22H22FN5O2. The topological polar surface area (TPSA) is 81.3 Å². The number of nitrogens with one attached hydrogen (secondary N) is 2. The van der Waals surface area contributed by atoms with E-state index in [9.17, 15) is 14.0 Å². The molecule has 2 amide bonds. The minimum atomic E-state index is -0.314. The second-order valence-corrected chi connectivity index (χ2v) is 7.73. The third-order valence-electron chi connectivity index (χ3n) is 5.91. The summed E-state index contributed by atoms with van der Waals surface area (Å²) < 4.78 is 13.5. The van der Waals surface area contributed by atoms with Gasteiger partial charge in [0.2, 0.25) is 0 Å². The van der Waals surface area contributed by atoms with Crippen LogP contribution in [-0.4, -0.2) is 48.2 Å². The number of H-pyrrole nitrogens is 1. The summed E-state index contributed by atoms with van der Waals surface area (Å²) in [6, 6.07) is 8.38.